The Hall–Kier alpha value is -1.16. The molecule has 0 amide bonds. The van der Waals surface area contributed by atoms with Crippen molar-refractivity contribution in [1.29, 1.82) is 0 Å². The van der Waals surface area contributed by atoms with Gasteiger partial charge in [0.25, 0.3) is 0 Å². The number of unbranched alkanes of at least 4 members (excludes halogenated alkanes) is 4. The maximum atomic E-state index is 13.8. The summed E-state index contributed by atoms with van der Waals surface area (Å²) >= 11 is 0. The molecule has 0 aromatic heterocycles. The van der Waals surface area contributed by atoms with Crippen LogP contribution in [0, 0.1) is 11.6 Å². The van der Waals surface area contributed by atoms with Crippen molar-refractivity contribution in [3.8, 4) is 5.75 Å². The Labute approximate surface area is 120 Å². The summed E-state index contributed by atoms with van der Waals surface area (Å²) in [5.74, 6) is -1.56. The van der Waals surface area contributed by atoms with E-state index in [1.165, 1.54) is 25.0 Å². The summed E-state index contributed by atoms with van der Waals surface area (Å²) in [7, 11) is 0. The molecule has 0 heterocycles. The smallest absolute Gasteiger partial charge is 0.190 e. The fourth-order valence-electron chi connectivity index (χ4n) is 2.12. The highest BCUT2D eigenvalue weighted by atomic mass is 19.1. The van der Waals surface area contributed by atoms with Crippen molar-refractivity contribution in [2.75, 3.05) is 6.61 Å². The summed E-state index contributed by atoms with van der Waals surface area (Å²) in [6, 6.07) is 2.48. The molecule has 0 spiro atoms. The van der Waals surface area contributed by atoms with Crippen molar-refractivity contribution in [2.45, 2.75) is 58.4 Å². The van der Waals surface area contributed by atoms with Crippen molar-refractivity contribution >= 4 is 0 Å². The fourth-order valence-corrected chi connectivity index (χ4v) is 2.12. The lowest BCUT2D eigenvalue weighted by Gasteiger charge is -2.11. The SMILES string of the molecule is CCCCCCCOc1c(F)cc(CC(C)N)cc1F. The molecular weight excluding hydrogens is 260 g/mol. The number of ether oxygens (including phenoxy) is 1. The Morgan fingerprint density at radius 1 is 1.10 bits per heavy atom. The van der Waals surface area contributed by atoms with Crippen molar-refractivity contribution in [3.05, 3.63) is 29.3 Å². The highest BCUT2D eigenvalue weighted by Gasteiger charge is 2.13. The molecule has 1 atom stereocenters. The van der Waals surface area contributed by atoms with Gasteiger partial charge < -0.3 is 10.5 Å². The lowest BCUT2D eigenvalue weighted by Crippen LogP contribution is -2.18. The molecule has 0 fully saturated rings. The number of rotatable bonds is 9. The molecule has 1 rings (SSSR count). The molecule has 2 nitrogen and oxygen atoms in total. The van der Waals surface area contributed by atoms with Crippen LogP contribution in [0.2, 0.25) is 0 Å². The van der Waals surface area contributed by atoms with E-state index in [1.807, 2.05) is 0 Å². The van der Waals surface area contributed by atoms with Gasteiger partial charge in [-0.15, -0.1) is 0 Å². The van der Waals surface area contributed by atoms with Gasteiger partial charge in [-0.25, -0.2) is 8.78 Å². The Bertz CT molecular complexity index is 384. The third-order valence-corrected chi connectivity index (χ3v) is 3.11. The molecule has 114 valence electrons. The first kappa shape index (κ1) is 16.9. The minimum Gasteiger partial charge on any atom is -0.488 e. The highest BCUT2D eigenvalue weighted by Crippen LogP contribution is 2.24. The molecule has 0 saturated carbocycles. The van der Waals surface area contributed by atoms with Crippen LogP contribution in [0.25, 0.3) is 0 Å². The zero-order chi connectivity index (χ0) is 15.0. The molecule has 0 radical (unpaired) electrons. The van der Waals surface area contributed by atoms with Gasteiger partial charge in [0.05, 0.1) is 6.61 Å². The van der Waals surface area contributed by atoms with Crippen LogP contribution in [0.3, 0.4) is 0 Å². The van der Waals surface area contributed by atoms with Gasteiger partial charge in [-0.2, -0.15) is 0 Å². The minimum absolute atomic E-state index is 0.126. The monoisotopic (exact) mass is 285 g/mol. The van der Waals surface area contributed by atoms with E-state index >= 15 is 0 Å². The predicted octanol–water partition coefficient (Wildman–Crippen LogP) is 4.20. The fraction of sp³-hybridized carbons (Fsp3) is 0.625. The van der Waals surface area contributed by atoms with E-state index in [9.17, 15) is 8.78 Å². The van der Waals surface area contributed by atoms with Crippen molar-refractivity contribution in [2.24, 2.45) is 5.73 Å². The Morgan fingerprint density at radius 3 is 2.25 bits per heavy atom. The quantitative estimate of drug-likeness (QED) is 0.690. The molecule has 1 unspecified atom stereocenters. The molecule has 20 heavy (non-hydrogen) atoms. The highest BCUT2D eigenvalue weighted by molar-refractivity contribution is 5.31. The summed E-state index contributed by atoms with van der Waals surface area (Å²) < 4.78 is 32.8. The number of hydrogen-bond donors (Lipinski definition) is 1. The van der Waals surface area contributed by atoms with E-state index in [0.717, 1.165) is 19.3 Å². The largest absolute Gasteiger partial charge is 0.488 e. The number of hydrogen-bond acceptors (Lipinski definition) is 2. The topological polar surface area (TPSA) is 35.2 Å². The van der Waals surface area contributed by atoms with E-state index in [0.29, 0.717) is 18.6 Å². The van der Waals surface area contributed by atoms with Crippen molar-refractivity contribution in [3.63, 3.8) is 0 Å². The summed E-state index contributed by atoms with van der Waals surface area (Å²) in [5.41, 5.74) is 6.19. The maximum Gasteiger partial charge on any atom is 0.190 e. The molecule has 1 aromatic rings. The van der Waals surface area contributed by atoms with Crippen molar-refractivity contribution in [1.82, 2.24) is 0 Å². The van der Waals surface area contributed by atoms with Gasteiger partial charge in [-0.3, -0.25) is 0 Å². The summed E-state index contributed by atoms with van der Waals surface area (Å²) in [5, 5.41) is 0. The third-order valence-electron chi connectivity index (χ3n) is 3.11. The van der Waals surface area contributed by atoms with E-state index in [1.54, 1.807) is 6.92 Å². The van der Waals surface area contributed by atoms with E-state index < -0.39 is 11.6 Å². The molecule has 0 saturated heterocycles. The van der Waals surface area contributed by atoms with Crippen LogP contribution < -0.4 is 10.5 Å². The van der Waals surface area contributed by atoms with Crippen LogP contribution in [0.15, 0.2) is 12.1 Å². The predicted molar refractivity (Wildman–Crippen MR) is 78.0 cm³/mol. The Kier molecular flexibility index (Phi) is 7.52. The summed E-state index contributed by atoms with van der Waals surface area (Å²) in [6.07, 6.45) is 5.80. The lowest BCUT2D eigenvalue weighted by molar-refractivity contribution is 0.275. The van der Waals surface area contributed by atoms with Crippen LogP contribution in [-0.2, 0) is 6.42 Å². The first-order valence-electron chi connectivity index (χ1n) is 7.41. The molecule has 0 aliphatic heterocycles. The van der Waals surface area contributed by atoms with Gasteiger partial charge in [-0.1, -0.05) is 32.6 Å². The molecule has 1 aromatic carbocycles. The first-order valence-corrected chi connectivity index (χ1v) is 7.41. The molecule has 0 aliphatic rings. The number of halogens is 2. The van der Waals surface area contributed by atoms with Gasteiger partial charge in [0.2, 0.25) is 0 Å². The number of benzene rings is 1. The van der Waals surface area contributed by atoms with E-state index in [-0.39, 0.29) is 11.8 Å². The zero-order valence-corrected chi connectivity index (χ0v) is 12.4. The van der Waals surface area contributed by atoms with Gasteiger partial charge in [0, 0.05) is 6.04 Å². The number of nitrogens with two attached hydrogens (primary N) is 1. The lowest BCUT2D eigenvalue weighted by atomic mass is 10.1. The average molecular weight is 285 g/mol. The maximum absolute atomic E-state index is 13.8. The van der Waals surface area contributed by atoms with Gasteiger partial charge >= 0.3 is 0 Å². The van der Waals surface area contributed by atoms with Crippen molar-refractivity contribution < 1.29 is 13.5 Å². The first-order chi connectivity index (χ1) is 9.54. The molecule has 4 heteroatoms. The van der Waals surface area contributed by atoms with Crippen LogP contribution in [0.1, 0.15) is 51.5 Å². The molecule has 0 aliphatic carbocycles. The zero-order valence-electron chi connectivity index (χ0n) is 12.4. The third kappa shape index (κ3) is 5.87. The second kappa shape index (κ2) is 8.90. The second-order valence-corrected chi connectivity index (χ2v) is 5.33. The standard InChI is InChI=1S/C16H25F2NO/c1-3-4-5-6-7-8-20-16-14(17)10-13(9-12(2)19)11-15(16)18/h10-12H,3-9,19H2,1-2H3. The van der Waals surface area contributed by atoms with E-state index in [2.05, 4.69) is 6.92 Å². The van der Waals surface area contributed by atoms with Crippen LogP contribution in [0.4, 0.5) is 8.78 Å². The molecule has 0 bridgehead atoms. The second-order valence-electron chi connectivity index (χ2n) is 5.33. The van der Waals surface area contributed by atoms with Crippen LogP contribution in [-0.4, -0.2) is 12.6 Å². The van der Waals surface area contributed by atoms with Gasteiger partial charge in [0.15, 0.2) is 17.4 Å². The summed E-state index contributed by atoms with van der Waals surface area (Å²) in [6.45, 7) is 4.30. The van der Waals surface area contributed by atoms with Crippen LogP contribution in [0.5, 0.6) is 5.75 Å². The molecule has 2 N–H and O–H groups in total. The summed E-state index contributed by atoms with van der Waals surface area (Å²) in [4.78, 5) is 0. The molecular formula is C16H25F2NO. The average Bonchev–Trinajstić information content (AvgIpc) is 2.35. The van der Waals surface area contributed by atoms with Crippen LogP contribution >= 0.6 is 0 Å². The Balaban J connectivity index is 2.49. The Morgan fingerprint density at radius 2 is 1.70 bits per heavy atom. The minimum atomic E-state index is -0.644. The van der Waals surface area contributed by atoms with Gasteiger partial charge in [0.1, 0.15) is 0 Å². The van der Waals surface area contributed by atoms with E-state index in [4.69, 9.17) is 10.5 Å². The van der Waals surface area contributed by atoms with Gasteiger partial charge in [-0.05, 0) is 37.5 Å². The normalized spacial score (nSPS) is 12.4.